The first kappa shape index (κ1) is 14.5. The number of amides is 1. The van der Waals surface area contributed by atoms with Crippen molar-refractivity contribution in [3.8, 4) is 0 Å². The zero-order valence-electron chi connectivity index (χ0n) is 11.5. The molecule has 0 fully saturated rings. The SMILES string of the molecule is CCC(Sc1cc(C)ncn1)C(=O)Nc1ccccc1. The van der Waals surface area contributed by atoms with E-state index in [4.69, 9.17) is 0 Å². The van der Waals surface area contributed by atoms with Crippen molar-refractivity contribution in [2.24, 2.45) is 0 Å². The van der Waals surface area contributed by atoms with Crippen LogP contribution >= 0.6 is 11.8 Å². The molecule has 4 nitrogen and oxygen atoms in total. The number of benzene rings is 1. The lowest BCUT2D eigenvalue weighted by Crippen LogP contribution is -2.24. The lowest BCUT2D eigenvalue weighted by Gasteiger charge is -2.14. The molecule has 104 valence electrons. The fourth-order valence-corrected chi connectivity index (χ4v) is 2.68. The molecule has 2 aromatic rings. The van der Waals surface area contributed by atoms with E-state index in [1.165, 1.54) is 18.1 Å². The summed E-state index contributed by atoms with van der Waals surface area (Å²) in [5.41, 5.74) is 1.72. The monoisotopic (exact) mass is 287 g/mol. The number of nitrogens with one attached hydrogen (secondary N) is 1. The summed E-state index contributed by atoms with van der Waals surface area (Å²) in [5.74, 6) is -0.0000321. The molecule has 0 aliphatic heterocycles. The summed E-state index contributed by atoms with van der Waals surface area (Å²) in [6.07, 6.45) is 2.27. The summed E-state index contributed by atoms with van der Waals surface area (Å²) in [6.45, 7) is 3.91. The van der Waals surface area contributed by atoms with Crippen LogP contribution in [0.25, 0.3) is 0 Å². The third-order valence-corrected chi connectivity index (χ3v) is 4.04. The maximum atomic E-state index is 12.3. The Morgan fingerprint density at radius 3 is 2.70 bits per heavy atom. The van der Waals surface area contributed by atoms with Crippen LogP contribution in [0.4, 0.5) is 5.69 Å². The van der Waals surface area contributed by atoms with E-state index >= 15 is 0 Å². The summed E-state index contributed by atoms with van der Waals surface area (Å²) in [6, 6.07) is 11.4. The number of carbonyl (C=O) groups is 1. The van der Waals surface area contributed by atoms with Gasteiger partial charge in [0, 0.05) is 11.4 Å². The van der Waals surface area contributed by atoms with E-state index < -0.39 is 0 Å². The maximum absolute atomic E-state index is 12.3. The fraction of sp³-hybridized carbons (Fsp3) is 0.267. The van der Waals surface area contributed by atoms with Crippen molar-refractivity contribution >= 4 is 23.4 Å². The molecule has 20 heavy (non-hydrogen) atoms. The maximum Gasteiger partial charge on any atom is 0.237 e. The topological polar surface area (TPSA) is 54.9 Å². The molecular formula is C15H17N3OS. The van der Waals surface area contributed by atoms with Gasteiger partial charge in [-0.1, -0.05) is 36.9 Å². The number of hydrogen-bond donors (Lipinski definition) is 1. The van der Waals surface area contributed by atoms with Crippen LogP contribution in [0.2, 0.25) is 0 Å². The number of thioether (sulfide) groups is 1. The average Bonchev–Trinajstić information content (AvgIpc) is 2.46. The number of hydrogen-bond acceptors (Lipinski definition) is 4. The summed E-state index contributed by atoms with van der Waals surface area (Å²) in [5, 5.41) is 3.59. The summed E-state index contributed by atoms with van der Waals surface area (Å²) in [4.78, 5) is 20.5. The van der Waals surface area contributed by atoms with E-state index in [9.17, 15) is 4.79 Å². The van der Waals surface area contributed by atoms with E-state index in [2.05, 4.69) is 15.3 Å². The van der Waals surface area contributed by atoms with Crippen molar-refractivity contribution in [3.05, 3.63) is 48.4 Å². The van der Waals surface area contributed by atoms with Crippen LogP contribution in [-0.2, 0) is 4.79 Å². The van der Waals surface area contributed by atoms with Gasteiger partial charge in [-0.3, -0.25) is 4.79 Å². The number of para-hydroxylation sites is 1. The fourth-order valence-electron chi connectivity index (χ4n) is 1.71. The summed E-state index contributed by atoms with van der Waals surface area (Å²) >= 11 is 1.47. The molecular weight excluding hydrogens is 270 g/mol. The molecule has 0 radical (unpaired) electrons. The van der Waals surface area contributed by atoms with Gasteiger partial charge in [0.2, 0.25) is 5.91 Å². The first-order valence-corrected chi connectivity index (χ1v) is 7.38. The molecule has 5 heteroatoms. The Morgan fingerprint density at radius 2 is 2.05 bits per heavy atom. The minimum atomic E-state index is -0.162. The Balaban J connectivity index is 2.02. The van der Waals surface area contributed by atoms with E-state index in [1.54, 1.807) is 0 Å². The van der Waals surface area contributed by atoms with Crippen molar-refractivity contribution < 1.29 is 4.79 Å². The molecule has 2 rings (SSSR count). The molecule has 1 atom stereocenters. The highest BCUT2D eigenvalue weighted by molar-refractivity contribution is 8.00. The molecule has 0 spiro atoms. The van der Waals surface area contributed by atoms with Gasteiger partial charge in [-0.15, -0.1) is 0 Å². The average molecular weight is 287 g/mol. The second kappa shape index (κ2) is 7.05. The van der Waals surface area contributed by atoms with Crippen LogP contribution in [0.15, 0.2) is 47.8 Å². The van der Waals surface area contributed by atoms with Crippen LogP contribution in [0, 0.1) is 6.92 Å². The first-order chi connectivity index (χ1) is 9.69. The third-order valence-electron chi connectivity index (χ3n) is 2.75. The van der Waals surface area contributed by atoms with E-state index in [0.29, 0.717) is 0 Å². The van der Waals surface area contributed by atoms with Gasteiger partial charge < -0.3 is 5.32 Å². The quantitative estimate of drug-likeness (QED) is 0.677. The van der Waals surface area contributed by atoms with Gasteiger partial charge in [0.15, 0.2) is 0 Å². The minimum Gasteiger partial charge on any atom is -0.325 e. The summed E-state index contributed by atoms with van der Waals surface area (Å²) in [7, 11) is 0. The molecule has 0 saturated heterocycles. The number of anilines is 1. The smallest absolute Gasteiger partial charge is 0.237 e. The molecule has 1 aromatic carbocycles. The second-order valence-corrected chi connectivity index (χ2v) is 5.59. The van der Waals surface area contributed by atoms with Crippen molar-refractivity contribution in [1.29, 1.82) is 0 Å². The minimum absolute atomic E-state index is 0.0000321. The number of nitrogens with zero attached hydrogens (tertiary/aromatic N) is 2. The van der Waals surface area contributed by atoms with E-state index in [1.807, 2.05) is 50.2 Å². The van der Waals surface area contributed by atoms with Crippen molar-refractivity contribution in [2.75, 3.05) is 5.32 Å². The van der Waals surface area contributed by atoms with Gasteiger partial charge in [0.1, 0.15) is 11.4 Å². The number of carbonyl (C=O) groups excluding carboxylic acids is 1. The van der Waals surface area contributed by atoms with Gasteiger partial charge in [0.05, 0.1) is 5.25 Å². The number of rotatable bonds is 5. The van der Waals surface area contributed by atoms with Gasteiger partial charge in [-0.2, -0.15) is 0 Å². The number of aryl methyl sites for hydroxylation is 1. The zero-order chi connectivity index (χ0) is 14.4. The van der Waals surface area contributed by atoms with Crippen molar-refractivity contribution in [1.82, 2.24) is 9.97 Å². The van der Waals surface area contributed by atoms with Crippen LogP contribution in [-0.4, -0.2) is 21.1 Å². The molecule has 1 unspecified atom stereocenters. The zero-order valence-corrected chi connectivity index (χ0v) is 12.4. The van der Waals surface area contributed by atoms with Crippen LogP contribution < -0.4 is 5.32 Å². The highest BCUT2D eigenvalue weighted by Crippen LogP contribution is 2.24. The number of aromatic nitrogens is 2. The highest BCUT2D eigenvalue weighted by atomic mass is 32.2. The normalized spacial score (nSPS) is 11.9. The molecule has 0 aliphatic rings. The Morgan fingerprint density at radius 1 is 1.30 bits per heavy atom. The van der Waals surface area contributed by atoms with E-state index in [0.717, 1.165) is 22.8 Å². The van der Waals surface area contributed by atoms with Gasteiger partial charge in [-0.25, -0.2) is 9.97 Å². The molecule has 0 bridgehead atoms. The van der Waals surface area contributed by atoms with Crippen LogP contribution in [0.1, 0.15) is 19.0 Å². The third kappa shape index (κ3) is 4.06. The van der Waals surface area contributed by atoms with Crippen LogP contribution in [0.3, 0.4) is 0 Å². The Labute approximate surface area is 123 Å². The molecule has 0 aliphatic carbocycles. The highest BCUT2D eigenvalue weighted by Gasteiger charge is 2.18. The predicted octanol–water partition coefficient (Wildman–Crippen LogP) is 3.29. The molecule has 1 amide bonds. The van der Waals surface area contributed by atoms with Crippen LogP contribution in [0.5, 0.6) is 0 Å². The summed E-state index contributed by atoms with van der Waals surface area (Å²) < 4.78 is 0. The predicted molar refractivity (Wildman–Crippen MR) is 81.8 cm³/mol. The van der Waals surface area contributed by atoms with E-state index in [-0.39, 0.29) is 11.2 Å². The largest absolute Gasteiger partial charge is 0.325 e. The van der Waals surface area contributed by atoms with Gasteiger partial charge in [-0.05, 0) is 31.5 Å². The lowest BCUT2D eigenvalue weighted by molar-refractivity contribution is -0.115. The molecule has 1 aromatic heterocycles. The molecule has 1 N–H and O–H groups in total. The molecule has 0 saturated carbocycles. The Kier molecular flexibility index (Phi) is 5.12. The second-order valence-electron chi connectivity index (χ2n) is 4.37. The van der Waals surface area contributed by atoms with Gasteiger partial charge in [0.25, 0.3) is 0 Å². The van der Waals surface area contributed by atoms with Gasteiger partial charge >= 0.3 is 0 Å². The standard InChI is InChI=1S/C15H17N3OS/c1-3-13(20-14-9-11(2)16-10-17-14)15(19)18-12-7-5-4-6-8-12/h4-10,13H,3H2,1-2H3,(H,18,19). The van der Waals surface area contributed by atoms with Crippen molar-refractivity contribution in [2.45, 2.75) is 30.5 Å². The Bertz CT molecular complexity index is 574. The Hall–Kier alpha value is -1.88. The lowest BCUT2D eigenvalue weighted by atomic mass is 10.3. The van der Waals surface area contributed by atoms with Crippen molar-refractivity contribution in [3.63, 3.8) is 0 Å². The first-order valence-electron chi connectivity index (χ1n) is 6.50. The molecule has 1 heterocycles.